The molecule has 1 N–H and O–H groups in total. The molecule has 5 heteroatoms. The summed E-state index contributed by atoms with van der Waals surface area (Å²) in [5, 5.41) is 8.68. The number of carboxylic acids is 1. The molecule has 0 aromatic carbocycles. The van der Waals surface area contributed by atoms with Gasteiger partial charge in [0.05, 0.1) is 6.54 Å². The summed E-state index contributed by atoms with van der Waals surface area (Å²) in [6.07, 6.45) is 6.71. The minimum absolute atomic E-state index is 0.176. The van der Waals surface area contributed by atoms with E-state index in [1.807, 2.05) is 0 Å². The average molecular weight is 205 g/mol. The largest absolute Gasteiger partial charge is 0.480 e. The van der Waals surface area contributed by atoms with Crippen LogP contribution in [0.1, 0.15) is 5.69 Å². The number of carboxylic acid groups (broad SMARTS) is 1. The number of hydrogen-bond donors (Lipinski definition) is 1. The van der Waals surface area contributed by atoms with E-state index >= 15 is 0 Å². The van der Waals surface area contributed by atoms with Crippen molar-refractivity contribution in [2.45, 2.75) is 6.92 Å². The van der Waals surface area contributed by atoms with E-state index < -0.39 is 5.97 Å². The van der Waals surface area contributed by atoms with Gasteiger partial charge in [-0.3, -0.25) is 4.79 Å². The van der Waals surface area contributed by atoms with Crippen LogP contribution in [0.2, 0.25) is 0 Å². The van der Waals surface area contributed by atoms with Gasteiger partial charge in [-0.05, 0) is 13.0 Å². The van der Waals surface area contributed by atoms with Crippen LogP contribution in [0.15, 0.2) is 12.3 Å². The van der Waals surface area contributed by atoms with E-state index in [2.05, 4.69) is 15.9 Å². The van der Waals surface area contributed by atoms with Crippen LogP contribution in [0.3, 0.4) is 0 Å². The lowest BCUT2D eigenvalue weighted by molar-refractivity contribution is -0.135. The second-order valence-corrected chi connectivity index (χ2v) is 2.95. The van der Waals surface area contributed by atoms with Gasteiger partial charge in [0.2, 0.25) is 5.95 Å². The molecule has 0 radical (unpaired) electrons. The van der Waals surface area contributed by atoms with Crippen molar-refractivity contribution in [3.63, 3.8) is 0 Å². The summed E-state index contributed by atoms with van der Waals surface area (Å²) in [5.74, 6) is 1.75. The summed E-state index contributed by atoms with van der Waals surface area (Å²) in [6, 6.07) is 1.73. The van der Waals surface area contributed by atoms with Crippen LogP contribution in [-0.4, -0.2) is 34.1 Å². The van der Waals surface area contributed by atoms with Crippen LogP contribution in [0.5, 0.6) is 0 Å². The molecule has 0 aliphatic heterocycles. The first-order valence-corrected chi connectivity index (χ1v) is 4.33. The van der Waals surface area contributed by atoms with Crippen molar-refractivity contribution >= 4 is 11.9 Å². The van der Waals surface area contributed by atoms with Crippen LogP contribution in [-0.2, 0) is 4.79 Å². The molecule has 0 spiro atoms. The molecule has 0 atom stereocenters. The van der Waals surface area contributed by atoms with E-state index in [0.29, 0.717) is 5.95 Å². The second-order valence-electron chi connectivity index (χ2n) is 2.95. The number of aryl methyl sites for hydroxylation is 1. The molecule has 0 unspecified atom stereocenters. The molecule has 0 bridgehead atoms. The Hall–Kier alpha value is -2.09. The standard InChI is InChI=1S/C10H11N3O2/c1-3-6-13(7-9(14)15)10-11-5-4-8(2)12-10/h1,4-5H,6-7H2,2H3,(H,14,15). The highest BCUT2D eigenvalue weighted by atomic mass is 16.4. The molecule has 1 rings (SSSR count). The monoisotopic (exact) mass is 205 g/mol. The molecule has 1 aromatic heterocycles. The highest BCUT2D eigenvalue weighted by Crippen LogP contribution is 2.05. The van der Waals surface area contributed by atoms with Crippen LogP contribution < -0.4 is 4.90 Å². The smallest absolute Gasteiger partial charge is 0.323 e. The van der Waals surface area contributed by atoms with Gasteiger partial charge in [-0.15, -0.1) is 6.42 Å². The van der Waals surface area contributed by atoms with Gasteiger partial charge in [0.15, 0.2) is 0 Å². The Morgan fingerprint density at radius 3 is 3.00 bits per heavy atom. The fraction of sp³-hybridized carbons (Fsp3) is 0.300. The summed E-state index contributed by atoms with van der Waals surface area (Å²) < 4.78 is 0. The lowest BCUT2D eigenvalue weighted by atomic mass is 10.4. The summed E-state index contributed by atoms with van der Waals surface area (Å²) in [6.45, 7) is 1.78. The molecule has 78 valence electrons. The first kappa shape index (κ1) is 11.0. The Balaban J connectivity index is 2.89. The van der Waals surface area contributed by atoms with Crippen molar-refractivity contribution in [3.8, 4) is 12.3 Å². The maximum Gasteiger partial charge on any atom is 0.323 e. The van der Waals surface area contributed by atoms with Crippen LogP contribution in [0.25, 0.3) is 0 Å². The maximum atomic E-state index is 10.6. The van der Waals surface area contributed by atoms with E-state index in [-0.39, 0.29) is 13.1 Å². The fourth-order valence-electron chi connectivity index (χ4n) is 1.06. The Labute approximate surface area is 87.8 Å². The first-order chi connectivity index (χ1) is 7.13. The number of aromatic nitrogens is 2. The van der Waals surface area contributed by atoms with E-state index in [1.165, 1.54) is 4.90 Å². The maximum absolute atomic E-state index is 10.6. The van der Waals surface area contributed by atoms with Gasteiger partial charge in [0.25, 0.3) is 0 Å². The zero-order valence-electron chi connectivity index (χ0n) is 8.34. The molecule has 0 aliphatic rings. The lowest BCUT2D eigenvalue weighted by Crippen LogP contribution is -2.31. The fourth-order valence-corrected chi connectivity index (χ4v) is 1.06. The van der Waals surface area contributed by atoms with Gasteiger partial charge in [0.1, 0.15) is 6.54 Å². The van der Waals surface area contributed by atoms with Gasteiger partial charge < -0.3 is 10.0 Å². The SMILES string of the molecule is C#CCN(CC(=O)O)c1nccc(C)n1. The van der Waals surface area contributed by atoms with E-state index in [9.17, 15) is 4.79 Å². The van der Waals surface area contributed by atoms with Crippen LogP contribution >= 0.6 is 0 Å². The summed E-state index contributed by atoms with van der Waals surface area (Å²) in [5.41, 5.74) is 0.771. The van der Waals surface area contributed by atoms with E-state index in [4.69, 9.17) is 11.5 Å². The van der Waals surface area contributed by atoms with Gasteiger partial charge in [0, 0.05) is 11.9 Å². The summed E-state index contributed by atoms with van der Waals surface area (Å²) in [4.78, 5) is 20.1. The Bertz CT molecular complexity index is 398. The third kappa shape index (κ3) is 3.27. The molecule has 0 saturated heterocycles. The van der Waals surface area contributed by atoms with Gasteiger partial charge in [-0.25, -0.2) is 9.97 Å². The lowest BCUT2D eigenvalue weighted by Gasteiger charge is -2.17. The van der Waals surface area contributed by atoms with Crippen LogP contribution in [0, 0.1) is 19.3 Å². The zero-order valence-corrected chi connectivity index (χ0v) is 8.34. The van der Waals surface area contributed by atoms with Gasteiger partial charge >= 0.3 is 5.97 Å². The van der Waals surface area contributed by atoms with Crippen molar-refractivity contribution in [2.24, 2.45) is 0 Å². The zero-order chi connectivity index (χ0) is 11.3. The minimum atomic E-state index is -0.963. The van der Waals surface area contributed by atoms with E-state index in [0.717, 1.165) is 5.69 Å². The predicted molar refractivity (Wildman–Crippen MR) is 55.5 cm³/mol. The van der Waals surface area contributed by atoms with Gasteiger partial charge in [-0.1, -0.05) is 5.92 Å². The number of hydrogen-bond acceptors (Lipinski definition) is 4. The molecule has 0 fully saturated rings. The Morgan fingerprint density at radius 1 is 1.73 bits per heavy atom. The molecule has 0 aliphatic carbocycles. The number of nitrogens with zero attached hydrogens (tertiary/aromatic N) is 3. The van der Waals surface area contributed by atoms with Crippen molar-refractivity contribution in [3.05, 3.63) is 18.0 Å². The Morgan fingerprint density at radius 2 is 2.47 bits per heavy atom. The van der Waals surface area contributed by atoms with Crippen molar-refractivity contribution in [1.82, 2.24) is 9.97 Å². The average Bonchev–Trinajstić information content (AvgIpc) is 2.16. The Kier molecular flexibility index (Phi) is 3.63. The third-order valence-electron chi connectivity index (χ3n) is 1.67. The minimum Gasteiger partial charge on any atom is -0.480 e. The van der Waals surface area contributed by atoms with Crippen molar-refractivity contribution in [2.75, 3.05) is 18.0 Å². The van der Waals surface area contributed by atoms with Crippen LogP contribution in [0.4, 0.5) is 5.95 Å². The second kappa shape index (κ2) is 4.96. The number of carbonyl (C=O) groups is 1. The molecule has 0 amide bonds. The normalized spacial score (nSPS) is 9.33. The molecular formula is C10H11N3O2. The number of aliphatic carboxylic acids is 1. The molecule has 1 heterocycles. The highest BCUT2D eigenvalue weighted by molar-refractivity contribution is 5.72. The number of anilines is 1. The topological polar surface area (TPSA) is 66.3 Å². The first-order valence-electron chi connectivity index (χ1n) is 4.33. The summed E-state index contributed by atoms with van der Waals surface area (Å²) in [7, 11) is 0. The van der Waals surface area contributed by atoms with Crippen molar-refractivity contribution in [1.29, 1.82) is 0 Å². The van der Waals surface area contributed by atoms with E-state index in [1.54, 1.807) is 19.2 Å². The molecule has 5 nitrogen and oxygen atoms in total. The molecule has 0 saturated carbocycles. The number of terminal acetylenes is 1. The number of rotatable bonds is 4. The molecular weight excluding hydrogens is 194 g/mol. The van der Waals surface area contributed by atoms with Crippen molar-refractivity contribution < 1.29 is 9.90 Å². The molecule has 1 aromatic rings. The quantitative estimate of drug-likeness (QED) is 0.716. The molecule has 15 heavy (non-hydrogen) atoms. The third-order valence-corrected chi connectivity index (χ3v) is 1.67. The highest BCUT2D eigenvalue weighted by Gasteiger charge is 2.11. The predicted octanol–water partition coefficient (Wildman–Crippen LogP) is 0.309. The summed E-state index contributed by atoms with van der Waals surface area (Å²) >= 11 is 0. The van der Waals surface area contributed by atoms with Gasteiger partial charge in [-0.2, -0.15) is 0 Å².